The molecule has 0 fully saturated rings. The lowest BCUT2D eigenvalue weighted by Gasteiger charge is -2.48. The second-order valence-corrected chi connectivity index (χ2v) is 14.0. The van der Waals surface area contributed by atoms with Gasteiger partial charge in [-0.15, -0.1) is 0 Å². The third-order valence-electron chi connectivity index (χ3n) is 7.96. The predicted molar refractivity (Wildman–Crippen MR) is 161 cm³/mol. The van der Waals surface area contributed by atoms with E-state index in [1.54, 1.807) is 0 Å². The summed E-state index contributed by atoms with van der Waals surface area (Å²) in [4.78, 5) is 0. The van der Waals surface area contributed by atoms with Crippen LogP contribution in [0.15, 0.2) is 72.8 Å². The number of hydrogen-bond donors (Lipinski definition) is 3. The molecule has 0 aliphatic carbocycles. The van der Waals surface area contributed by atoms with Crippen molar-refractivity contribution in [1.29, 1.82) is 0 Å². The highest BCUT2D eigenvalue weighted by Crippen LogP contribution is 2.49. The van der Waals surface area contributed by atoms with Crippen LogP contribution in [-0.2, 0) is 21.8 Å². The Morgan fingerprint density at radius 2 is 0.692 bits per heavy atom. The van der Waals surface area contributed by atoms with Crippen molar-refractivity contribution in [2.75, 3.05) is 19.8 Å². The van der Waals surface area contributed by atoms with E-state index in [4.69, 9.17) is 4.74 Å². The Bertz CT molecular complexity index is 1130. The van der Waals surface area contributed by atoms with Gasteiger partial charge in [0.2, 0.25) is 0 Å². The molecule has 0 radical (unpaired) electrons. The average Bonchev–Trinajstić information content (AvgIpc) is 2.88. The third kappa shape index (κ3) is 6.09. The van der Waals surface area contributed by atoms with Gasteiger partial charge in [0.05, 0.1) is 25.2 Å². The zero-order valence-corrected chi connectivity index (χ0v) is 25.3. The largest absolute Gasteiger partial charge is 0.477 e. The Hall–Kier alpha value is -2.66. The van der Waals surface area contributed by atoms with Gasteiger partial charge >= 0.3 is 0 Å². The first-order chi connectivity index (χ1) is 18.0. The summed E-state index contributed by atoms with van der Waals surface area (Å²) >= 11 is 0. The normalized spacial score (nSPS) is 13.4. The fourth-order valence-corrected chi connectivity index (χ4v) is 5.10. The fourth-order valence-electron chi connectivity index (χ4n) is 5.10. The molecule has 0 unspecified atom stereocenters. The van der Waals surface area contributed by atoms with Gasteiger partial charge in [-0.25, -0.2) is 0 Å². The van der Waals surface area contributed by atoms with E-state index in [9.17, 15) is 15.3 Å². The molecule has 0 saturated carbocycles. The molecule has 4 heteroatoms. The molecule has 0 heterocycles. The molecule has 3 N–H and O–H groups in total. The van der Waals surface area contributed by atoms with Crippen molar-refractivity contribution in [2.45, 2.75) is 84.2 Å². The van der Waals surface area contributed by atoms with E-state index in [-0.39, 0.29) is 16.2 Å². The maximum absolute atomic E-state index is 10.8. The molecule has 3 aromatic rings. The summed E-state index contributed by atoms with van der Waals surface area (Å²) in [5, 5.41) is 32.5. The minimum Gasteiger partial charge on any atom is -0.477 e. The Labute approximate surface area is 235 Å². The smallest absolute Gasteiger partial charge is 0.171 e. The number of ether oxygens (including phenoxy) is 1. The lowest BCUT2D eigenvalue weighted by molar-refractivity contribution is -0.121. The molecule has 39 heavy (non-hydrogen) atoms. The second kappa shape index (κ2) is 11.1. The van der Waals surface area contributed by atoms with Gasteiger partial charge in [-0.3, -0.25) is 0 Å². The summed E-state index contributed by atoms with van der Waals surface area (Å²) in [6.07, 6.45) is 0. The van der Waals surface area contributed by atoms with Gasteiger partial charge in [-0.05, 0) is 45.1 Å². The van der Waals surface area contributed by atoms with Crippen LogP contribution in [-0.4, -0.2) is 35.1 Å². The molecular weight excluding hydrogens is 484 g/mol. The molecule has 0 atom stereocenters. The molecule has 0 aromatic heterocycles. The molecule has 0 aliphatic rings. The lowest BCUT2D eigenvalue weighted by Crippen LogP contribution is -2.57. The third-order valence-corrected chi connectivity index (χ3v) is 7.96. The number of rotatable bonds is 8. The number of aliphatic hydroxyl groups is 3. The molecular formula is C35H48O4. The van der Waals surface area contributed by atoms with E-state index in [0.29, 0.717) is 5.75 Å². The van der Waals surface area contributed by atoms with E-state index in [1.807, 2.05) is 48.5 Å². The summed E-state index contributed by atoms with van der Waals surface area (Å²) in [5.41, 5.74) is 2.02. The van der Waals surface area contributed by atoms with Crippen molar-refractivity contribution in [3.63, 3.8) is 0 Å². The zero-order valence-electron chi connectivity index (χ0n) is 25.3. The average molecular weight is 533 g/mol. The van der Waals surface area contributed by atoms with Crippen molar-refractivity contribution in [3.05, 3.63) is 101 Å². The van der Waals surface area contributed by atoms with Crippen molar-refractivity contribution < 1.29 is 20.1 Å². The molecule has 0 saturated heterocycles. The maximum Gasteiger partial charge on any atom is 0.171 e. The summed E-state index contributed by atoms with van der Waals surface area (Å²) < 4.78 is 6.95. The zero-order chi connectivity index (χ0) is 29.3. The Balaban J connectivity index is 2.36. The molecule has 4 nitrogen and oxygen atoms in total. The van der Waals surface area contributed by atoms with Crippen molar-refractivity contribution in [2.24, 2.45) is 5.41 Å². The number of aliphatic hydroxyl groups excluding tert-OH is 3. The van der Waals surface area contributed by atoms with Crippen LogP contribution in [0.3, 0.4) is 0 Å². The quantitative estimate of drug-likeness (QED) is 0.296. The van der Waals surface area contributed by atoms with Crippen LogP contribution in [0.4, 0.5) is 0 Å². The first kappa shape index (κ1) is 30.9. The monoisotopic (exact) mass is 532 g/mol. The summed E-state index contributed by atoms with van der Waals surface area (Å²) in [5.74, 6) is 0.586. The maximum atomic E-state index is 10.8. The van der Waals surface area contributed by atoms with Crippen LogP contribution >= 0.6 is 0 Å². The van der Waals surface area contributed by atoms with Crippen LogP contribution < -0.4 is 4.74 Å². The van der Waals surface area contributed by atoms with Gasteiger partial charge in [-0.2, -0.15) is 0 Å². The molecule has 0 amide bonds. The van der Waals surface area contributed by atoms with E-state index in [0.717, 1.165) is 22.3 Å². The number of benzene rings is 3. The predicted octanol–water partition coefficient (Wildman–Crippen LogP) is 6.87. The lowest BCUT2D eigenvalue weighted by atomic mass is 9.65. The van der Waals surface area contributed by atoms with Crippen LogP contribution in [0.25, 0.3) is 0 Å². The highest BCUT2D eigenvalue weighted by Gasteiger charge is 2.56. The Morgan fingerprint density at radius 1 is 0.436 bits per heavy atom. The van der Waals surface area contributed by atoms with Gasteiger partial charge in [0.1, 0.15) is 5.75 Å². The first-order valence-corrected chi connectivity index (χ1v) is 13.9. The summed E-state index contributed by atoms with van der Waals surface area (Å²) in [6, 6.07) is 24.2. The van der Waals surface area contributed by atoms with E-state index in [2.05, 4.69) is 86.6 Å². The molecule has 0 aliphatic heterocycles. The van der Waals surface area contributed by atoms with E-state index in [1.165, 1.54) is 5.56 Å². The van der Waals surface area contributed by atoms with Crippen molar-refractivity contribution in [3.8, 4) is 5.75 Å². The second-order valence-electron chi connectivity index (χ2n) is 14.0. The SMILES string of the molecule is CC(C)(C)c1ccc(OC(c2ccc(C(C)(C)C)cc2)(c2ccc(C(C)(C)C)cc2)C(CO)(CO)CO)cc1. The Kier molecular flexibility index (Phi) is 8.77. The van der Waals surface area contributed by atoms with Crippen LogP contribution in [0.2, 0.25) is 0 Å². The van der Waals surface area contributed by atoms with Crippen molar-refractivity contribution in [1.82, 2.24) is 0 Å². The van der Waals surface area contributed by atoms with Gasteiger partial charge < -0.3 is 20.1 Å². The standard InChI is InChI=1S/C35H48O4/c1-31(2,3)25-10-14-28(15-11-25)35(34(22-36,23-37)24-38,29-16-12-26(13-17-29)32(4,5)6)39-30-20-18-27(19-21-30)33(7,8)9/h10-21,36-38H,22-24H2,1-9H3. The summed E-state index contributed by atoms with van der Waals surface area (Å²) in [6.45, 7) is 18.0. The molecule has 3 rings (SSSR count). The van der Waals surface area contributed by atoms with Gasteiger partial charge in [0, 0.05) is 11.1 Å². The fraction of sp³-hybridized carbons (Fsp3) is 0.486. The highest BCUT2D eigenvalue weighted by atomic mass is 16.5. The Morgan fingerprint density at radius 3 is 0.949 bits per heavy atom. The highest BCUT2D eigenvalue weighted by molar-refractivity contribution is 5.46. The number of hydrogen-bond acceptors (Lipinski definition) is 4. The summed E-state index contributed by atoms with van der Waals surface area (Å²) in [7, 11) is 0. The van der Waals surface area contributed by atoms with Gasteiger partial charge in [0.25, 0.3) is 0 Å². The minimum absolute atomic E-state index is 0.0216. The van der Waals surface area contributed by atoms with Crippen LogP contribution in [0.1, 0.15) is 90.1 Å². The topological polar surface area (TPSA) is 69.9 Å². The molecule has 3 aromatic carbocycles. The molecule has 212 valence electrons. The molecule has 0 bridgehead atoms. The van der Waals surface area contributed by atoms with Crippen LogP contribution in [0, 0.1) is 5.41 Å². The van der Waals surface area contributed by atoms with Crippen LogP contribution in [0.5, 0.6) is 5.75 Å². The van der Waals surface area contributed by atoms with E-state index >= 15 is 0 Å². The van der Waals surface area contributed by atoms with Gasteiger partial charge in [0.15, 0.2) is 5.60 Å². The first-order valence-electron chi connectivity index (χ1n) is 13.9. The van der Waals surface area contributed by atoms with Gasteiger partial charge in [-0.1, -0.05) is 123 Å². The van der Waals surface area contributed by atoms with Crippen molar-refractivity contribution >= 4 is 0 Å². The minimum atomic E-state index is -1.43. The van der Waals surface area contributed by atoms with E-state index < -0.39 is 30.8 Å². The molecule has 0 spiro atoms.